The van der Waals surface area contributed by atoms with Gasteiger partial charge in [-0.2, -0.15) is 4.98 Å². The second-order valence-corrected chi connectivity index (χ2v) is 4.77. The van der Waals surface area contributed by atoms with Gasteiger partial charge in [0.15, 0.2) is 0 Å². The highest BCUT2D eigenvalue weighted by molar-refractivity contribution is 14.1. The summed E-state index contributed by atoms with van der Waals surface area (Å²) in [5, 5.41) is 0.186. The molecule has 2 rings (SSSR count). The molecule has 0 fully saturated rings. The summed E-state index contributed by atoms with van der Waals surface area (Å²) in [4.78, 5) is 7.90. The Labute approximate surface area is 112 Å². The van der Waals surface area contributed by atoms with Crippen LogP contribution >= 0.6 is 34.2 Å². The lowest BCUT2D eigenvalue weighted by Crippen LogP contribution is -1.93. The molecule has 0 bridgehead atoms. The van der Waals surface area contributed by atoms with E-state index >= 15 is 0 Å². The highest BCUT2D eigenvalue weighted by Gasteiger charge is 2.05. The summed E-state index contributed by atoms with van der Waals surface area (Å²) in [6.07, 6.45) is 1.64. The summed E-state index contributed by atoms with van der Waals surface area (Å²) >= 11 is 7.94. The average Bonchev–Trinajstić information content (AvgIpc) is 2.24. The molecule has 1 aromatic carbocycles. The third kappa shape index (κ3) is 2.82. The largest absolute Gasteiger partial charge is 0.439 e. The van der Waals surface area contributed by atoms with Crippen molar-refractivity contribution in [1.82, 2.24) is 9.97 Å². The molecule has 0 N–H and O–H groups in total. The second kappa shape index (κ2) is 4.97. The van der Waals surface area contributed by atoms with Crippen LogP contribution in [0.4, 0.5) is 0 Å². The molecule has 1 aromatic heterocycles. The van der Waals surface area contributed by atoms with Gasteiger partial charge in [-0.1, -0.05) is 6.07 Å². The van der Waals surface area contributed by atoms with Crippen molar-refractivity contribution in [2.45, 2.75) is 6.92 Å². The van der Waals surface area contributed by atoms with E-state index in [4.69, 9.17) is 16.3 Å². The van der Waals surface area contributed by atoms with Gasteiger partial charge in [0.2, 0.25) is 11.2 Å². The van der Waals surface area contributed by atoms with Gasteiger partial charge in [-0.25, -0.2) is 4.98 Å². The Morgan fingerprint density at radius 3 is 2.94 bits per heavy atom. The summed E-state index contributed by atoms with van der Waals surface area (Å²) in [6.45, 7) is 1.87. The number of benzene rings is 1. The molecule has 3 nitrogen and oxygen atoms in total. The number of nitrogens with zero attached hydrogens (tertiary/aromatic N) is 2. The minimum atomic E-state index is 0.186. The van der Waals surface area contributed by atoms with Crippen molar-refractivity contribution in [2.75, 3.05) is 0 Å². The number of ether oxygens (including phenoxy) is 1. The van der Waals surface area contributed by atoms with Gasteiger partial charge in [-0.15, -0.1) is 0 Å². The molecule has 0 unspecified atom stereocenters. The van der Waals surface area contributed by atoms with Crippen molar-refractivity contribution in [1.29, 1.82) is 0 Å². The number of hydrogen-bond acceptors (Lipinski definition) is 3. The predicted octanol–water partition coefficient (Wildman–Crippen LogP) is 3.84. The zero-order valence-electron chi connectivity index (χ0n) is 8.45. The number of hydrogen-bond donors (Lipinski definition) is 0. The smallest absolute Gasteiger partial charge is 0.226 e. The molecular weight excluding hydrogens is 338 g/mol. The minimum absolute atomic E-state index is 0.186. The van der Waals surface area contributed by atoms with Crippen molar-refractivity contribution in [2.24, 2.45) is 0 Å². The molecule has 16 heavy (non-hydrogen) atoms. The molecule has 0 amide bonds. The maximum Gasteiger partial charge on any atom is 0.226 e. The second-order valence-electron chi connectivity index (χ2n) is 3.19. The van der Waals surface area contributed by atoms with E-state index in [0.717, 1.165) is 14.9 Å². The first kappa shape index (κ1) is 11.6. The molecule has 2 aromatic rings. The third-order valence-electron chi connectivity index (χ3n) is 1.91. The van der Waals surface area contributed by atoms with Crippen LogP contribution in [0.1, 0.15) is 5.56 Å². The Kier molecular flexibility index (Phi) is 3.60. The molecule has 0 spiro atoms. The van der Waals surface area contributed by atoms with Crippen molar-refractivity contribution in [3.05, 3.63) is 44.9 Å². The molecule has 0 atom stereocenters. The standard InChI is InChI=1S/C11H8ClIN2O/c1-7-6-14-11(12)15-10(7)16-9-4-2-3-8(13)5-9/h2-6H,1H3. The molecule has 0 aliphatic rings. The van der Waals surface area contributed by atoms with E-state index in [-0.39, 0.29) is 5.28 Å². The topological polar surface area (TPSA) is 35.0 Å². The van der Waals surface area contributed by atoms with Gasteiger partial charge in [0.05, 0.1) is 0 Å². The van der Waals surface area contributed by atoms with Crippen molar-refractivity contribution < 1.29 is 4.74 Å². The van der Waals surface area contributed by atoms with Gasteiger partial charge >= 0.3 is 0 Å². The monoisotopic (exact) mass is 346 g/mol. The molecule has 0 aliphatic carbocycles. The normalized spacial score (nSPS) is 10.2. The first-order chi connectivity index (χ1) is 7.65. The van der Waals surface area contributed by atoms with Crippen LogP contribution in [0.5, 0.6) is 11.6 Å². The van der Waals surface area contributed by atoms with E-state index in [2.05, 4.69) is 32.6 Å². The van der Waals surface area contributed by atoms with Crippen LogP contribution in [0.3, 0.4) is 0 Å². The Morgan fingerprint density at radius 1 is 1.38 bits per heavy atom. The Morgan fingerprint density at radius 2 is 2.19 bits per heavy atom. The summed E-state index contributed by atoms with van der Waals surface area (Å²) in [5.74, 6) is 1.23. The van der Waals surface area contributed by atoms with E-state index in [1.807, 2.05) is 31.2 Å². The van der Waals surface area contributed by atoms with E-state index in [1.54, 1.807) is 6.20 Å². The Hall–Kier alpha value is -0.880. The lowest BCUT2D eigenvalue weighted by molar-refractivity contribution is 0.457. The Balaban J connectivity index is 2.30. The lowest BCUT2D eigenvalue weighted by atomic mass is 10.3. The molecule has 82 valence electrons. The number of aryl methyl sites for hydroxylation is 1. The maximum absolute atomic E-state index is 5.71. The molecule has 1 heterocycles. The van der Waals surface area contributed by atoms with Crippen LogP contribution < -0.4 is 4.74 Å². The highest BCUT2D eigenvalue weighted by Crippen LogP contribution is 2.24. The summed E-state index contributed by atoms with van der Waals surface area (Å²) in [6, 6.07) is 7.72. The van der Waals surface area contributed by atoms with E-state index in [9.17, 15) is 0 Å². The lowest BCUT2D eigenvalue weighted by Gasteiger charge is -2.07. The minimum Gasteiger partial charge on any atom is -0.439 e. The molecule has 0 saturated carbocycles. The molecule has 5 heteroatoms. The van der Waals surface area contributed by atoms with Gasteiger partial charge in [0, 0.05) is 15.3 Å². The molecule has 0 aliphatic heterocycles. The van der Waals surface area contributed by atoms with Crippen molar-refractivity contribution in [3.8, 4) is 11.6 Å². The van der Waals surface area contributed by atoms with Crippen LogP contribution in [0.2, 0.25) is 5.28 Å². The average molecular weight is 347 g/mol. The molecule has 0 saturated heterocycles. The van der Waals surface area contributed by atoms with E-state index < -0.39 is 0 Å². The van der Waals surface area contributed by atoms with Crippen LogP contribution in [0, 0.1) is 10.5 Å². The Bertz CT molecular complexity index is 519. The fourth-order valence-electron chi connectivity index (χ4n) is 1.15. The van der Waals surface area contributed by atoms with Crippen LogP contribution in [0.25, 0.3) is 0 Å². The summed E-state index contributed by atoms with van der Waals surface area (Å²) in [7, 11) is 0. The van der Waals surface area contributed by atoms with Crippen molar-refractivity contribution >= 4 is 34.2 Å². The highest BCUT2D eigenvalue weighted by atomic mass is 127. The van der Waals surface area contributed by atoms with Gasteiger partial charge < -0.3 is 4.74 Å². The van der Waals surface area contributed by atoms with Gasteiger partial charge in [-0.3, -0.25) is 0 Å². The van der Waals surface area contributed by atoms with E-state index in [1.165, 1.54) is 0 Å². The predicted molar refractivity (Wildman–Crippen MR) is 71.0 cm³/mol. The zero-order chi connectivity index (χ0) is 11.5. The number of rotatable bonds is 2. The third-order valence-corrected chi connectivity index (χ3v) is 2.76. The number of aromatic nitrogens is 2. The fourth-order valence-corrected chi connectivity index (χ4v) is 1.79. The fraction of sp³-hybridized carbons (Fsp3) is 0.0909. The zero-order valence-corrected chi connectivity index (χ0v) is 11.4. The quantitative estimate of drug-likeness (QED) is 0.612. The van der Waals surface area contributed by atoms with Crippen molar-refractivity contribution in [3.63, 3.8) is 0 Å². The first-order valence-electron chi connectivity index (χ1n) is 4.58. The molecule has 0 radical (unpaired) electrons. The van der Waals surface area contributed by atoms with Gasteiger partial charge in [0.1, 0.15) is 5.75 Å². The summed E-state index contributed by atoms with van der Waals surface area (Å²) < 4.78 is 6.73. The van der Waals surface area contributed by atoms with Crippen LogP contribution in [-0.4, -0.2) is 9.97 Å². The van der Waals surface area contributed by atoms with Crippen LogP contribution in [-0.2, 0) is 0 Å². The first-order valence-corrected chi connectivity index (χ1v) is 6.03. The molecular formula is C11H8ClIN2O. The van der Waals surface area contributed by atoms with Gasteiger partial charge in [0.25, 0.3) is 0 Å². The number of halogens is 2. The SMILES string of the molecule is Cc1cnc(Cl)nc1Oc1cccc(I)c1. The maximum atomic E-state index is 5.71. The van der Waals surface area contributed by atoms with Crippen LogP contribution in [0.15, 0.2) is 30.5 Å². The van der Waals surface area contributed by atoms with E-state index in [0.29, 0.717) is 5.88 Å². The summed E-state index contributed by atoms with van der Waals surface area (Å²) in [5.41, 5.74) is 0.850. The van der Waals surface area contributed by atoms with Gasteiger partial charge in [-0.05, 0) is 59.3 Å².